The van der Waals surface area contributed by atoms with E-state index in [-0.39, 0.29) is 5.82 Å². The molecule has 1 aromatic carbocycles. The van der Waals surface area contributed by atoms with Crippen LogP contribution in [0.4, 0.5) is 4.39 Å². The molecule has 0 amide bonds. The first kappa shape index (κ1) is 16.8. The van der Waals surface area contributed by atoms with Crippen molar-refractivity contribution >= 4 is 11.6 Å². The van der Waals surface area contributed by atoms with Gasteiger partial charge in [-0.3, -0.25) is 0 Å². The van der Waals surface area contributed by atoms with Crippen LogP contribution < -0.4 is 5.32 Å². The molecule has 0 radical (unpaired) electrons. The minimum Gasteiger partial charge on any atom is -0.313 e. The van der Waals surface area contributed by atoms with Gasteiger partial charge in [-0.25, -0.2) is 4.39 Å². The summed E-state index contributed by atoms with van der Waals surface area (Å²) in [5.74, 6) is 1.37. The molecule has 1 aliphatic carbocycles. The van der Waals surface area contributed by atoms with Gasteiger partial charge in [0.2, 0.25) is 0 Å². The van der Waals surface area contributed by atoms with Gasteiger partial charge in [0.05, 0.1) is 0 Å². The zero-order valence-electron chi connectivity index (χ0n) is 13.2. The van der Waals surface area contributed by atoms with E-state index in [0.717, 1.165) is 30.9 Å². The molecule has 3 heteroatoms. The molecule has 1 saturated carbocycles. The van der Waals surface area contributed by atoms with Crippen LogP contribution in [0.3, 0.4) is 0 Å². The van der Waals surface area contributed by atoms with Crippen molar-refractivity contribution in [3.05, 3.63) is 34.6 Å². The van der Waals surface area contributed by atoms with Gasteiger partial charge in [-0.05, 0) is 67.8 Å². The fourth-order valence-electron chi connectivity index (χ4n) is 3.36. The summed E-state index contributed by atoms with van der Waals surface area (Å²) in [6.45, 7) is 5.51. The van der Waals surface area contributed by atoms with Crippen molar-refractivity contribution in [3.63, 3.8) is 0 Å². The minimum absolute atomic E-state index is 0.133. The van der Waals surface area contributed by atoms with Gasteiger partial charge in [0.25, 0.3) is 0 Å². The molecule has 118 valence electrons. The van der Waals surface area contributed by atoms with Crippen LogP contribution in [-0.2, 0) is 6.42 Å². The second kappa shape index (κ2) is 8.14. The Morgan fingerprint density at radius 3 is 2.67 bits per heavy atom. The van der Waals surface area contributed by atoms with E-state index in [9.17, 15) is 4.39 Å². The largest absolute Gasteiger partial charge is 0.313 e. The Hall–Kier alpha value is -0.600. The lowest BCUT2D eigenvalue weighted by molar-refractivity contribution is 0.228. The lowest BCUT2D eigenvalue weighted by Gasteiger charge is -2.33. The normalized spacial score (nSPS) is 24.0. The van der Waals surface area contributed by atoms with Crippen molar-refractivity contribution < 1.29 is 4.39 Å². The summed E-state index contributed by atoms with van der Waals surface area (Å²) in [6, 6.07) is 5.25. The van der Waals surface area contributed by atoms with Crippen molar-refractivity contribution in [1.29, 1.82) is 0 Å². The summed E-state index contributed by atoms with van der Waals surface area (Å²) in [6.07, 6.45) is 6.96. The molecule has 0 aromatic heterocycles. The van der Waals surface area contributed by atoms with E-state index in [1.54, 1.807) is 12.1 Å². The molecule has 0 aliphatic heterocycles. The number of hydrogen-bond donors (Lipinski definition) is 1. The summed E-state index contributed by atoms with van der Waals surface area (Å²) < 4.78 is 14.0. The topological polar surface area (TPSA) is 12.0 Å². The zero-order valence-corrected chi connectivity index (χ0v) is 13.9. The van der Waals surface area contributed by atoms with Gasteiger partial charge in [-0.2, -0.15) is 0 Å². The molecule has 1 fully saturated rings. The molecular weight excluding hydrogens is 285 g/mol. The Morgan fingerprint density at radius 2 is 2.00 bits per heavy atom. The molecule has 0 saturated heterocycles. The molecular formula is C18H27ClFN. The highest BCUT2D eigenvalue weighted by atomic mass is 35.5. The van der Waals surface area contributed by atoms with Crippen LogP contribution in [0.2, 0.25) is 5.02 Å². The third kappa shape index (κ3) is 4.96. The first-order chi connectivity index (χ1) is 10.1. The SMILES string of the molecule is CCCNC(Cc1cc(Cl)ccc1F)C1CCC(C)CC1. The number of rotatable bonds is 6. The molecule has 21 heavy (non-hydrogen) atoms. The summed E-state index contributed by atoms with van der Waals surface area (Å²) >= 11 is 6.02. The van der Waals surface area contributed by atoms with Crippen molar-refractivity contribution in [1.82, 2.24) is 5.32 Å². The van der Waals surface area contributed by atoms with Crippen LogP contribution in [0.15, 0.2) is 18.2 Å². The Labute approximate surface area is 133 Å². The molecule has 0 heterocycles. The Bertz CT molecular complexity index is 441. The summed E-state index contributed by atoms with van der Waals surface area (Å²) in [5, 5.41) is 4.26. The standard InChI is InChI=1S/C18H27ClFN/c1-3-10-21-18(14-6-4-13(2)5-7-14)12-15-11-16(19)8-9-17(15)20/h8-9,11,13-14,18,21H,3-7,10,12H2,1-2H3. The van der Waals surface area contributed by atoms with Crippen molar-refractivity contribution in [2.24, 2.45) is 11.8 Å². The quantitative estimate of drug-likeness (QED) is 0.760. The van der Waals surface area contributed by atoms with Crippen LogP contribution in [-0.4, -0.2) is 12.6 Å². The van der Waals surface area contributed by atoms with Crippen molar-refractivity contribution in [3.8, 4) is 0 Å². The van der Waals surface area contributed by atoms with E-state index in [1.807, 2.05) is 0 Å². The molecule has 2 rings (SSSR count). The van der Waals surface area contributed by atoms with E-state index in [2.05, 4.69) is 19.2 Å². The van der Waals surface area contributed by atoms with Gasteiger partial charge in [-0.15, -0.1) is 0 Å². The Kier molecular flexibility index (Phi) is 6.50. The van der Waals surface area contributed by atoms with Gasteiger partial charge in [0.15, 0.2) is 0 Å². The molecule has 1 aliphatic rings. The Balaban J connectivity index is 2.06. The van der Waals surface area contributed by atoms with Crippen LogP contribution in [0.5, 0.6) is 0 Å². The lowest BCUT2D eigenvalue weighted by Crippen LogP contribution is -2.40. The van der Waals surface area contributed by atoms with Crippen LogP contribution >= 0.6 is 11.6 Å². The average molecular weight is 312 g/mol. The second-order valence-electron chi connectivity index (χ2n) is 6.52. The average Bonchev–Trinajstić information content (AvgIpc) is 2.48. The zero-order chi connectivity index (χ0) is 15.2. The van der Waals surface area contributed by atoms with E-state index in [4.69, 9.17) is 11.6 Å². The summed E-state index contributed by atoms with van der Waals surface area (Å²) in [7, 11) is 0. The first-order valence-corrected chi connectivity index (χ1v) is 8.65. The summed E-state index contributed by atoms with van der Waals surface area (Å²) in [4.78, 5) is 0. The highest BCUT2D eigenvalue weighted by Crippen LogP contribution is 2.32. The lowest BCUT2D eigenvalue weighted by atomic mass is 9.77. The summed E-state index contributed by atoms with van der Waals surface area (Å²) in [5.41, 5.74) is 0.745. The van der Waals surface area contributed by atoms with Gasteiger partial charge < -0.3 is 5.32 Å². The number of halogens is 2. The van der Waals surface area contributed by atoms with Gasteiger partial charge in [0, 0.05) is 11.1 Å². The van der Waals surface area contributed by atoms with E-state index >= 15 is 0 Å². The van der Waals surface area contributed by atoms with Crippen molar-refractivity contribution in [2.75, 3.05) is 6.54 Å². The van der Waals surface area contributed by atoms with E-state index in [0.29, 0.717) is 17.0 Å². The Morgan fingerprint density at radius 1 is 1.29 bits per heavy atom. The number of benzene rings is 1. The van der Waals surface area contributed by atoms with Crippen LogP contribution in [0, 0.1) is 17.7 Å². The fraction of sp³-hybridized carbons (Fsp3) is 0.667. The molecule has 0 bridgehead atoms. The van der Waals surface area contributed by atoms with Gasteiger partial charge in [-0.1, -0.05) is 38.3 Å². The van der Waals surface area contributed by atoms with Crippen molar-refractivity contribution in [2.45, 2.75) is 58.4 Å². The van der Waals surface area contributed by atoms with Gasteiger partial charge in [0.1, 0.15) is 5.82 Å². The monoisotopic (exact) mass is 311 g/mol. The predicted molar refractivity (Wildman–Crippen MR) is 88.3 cm³/mol. The number of hydrogen-bond acceptors (Lipinski definition) is 1. The molecule has 1 unspecified atom stereocenters. The minimum atomic E-state index is -0.133. The number of nitrogens with one attached hydrogen (secondary N) is 1. The maximum atomic E-state index is 14.0. The van der Waals surface area contributed by atoms with Crippen LogP contribution in [0.25, 0.3) is 0 Å². The maximum absolute atomic E-state index is 14.0. The second-order valence-corrected chi connectivity index (χ2v) is 6.96. The third-order valence-corrected chi connectivity index (χ3v) is 4.97. The molecule has 1 nitrogen and oxygen atoms in total. The molecule has 1 N–H and O–H groups in total. The highest BCUT2D eigenvalue weighted by molar-refractivity contribution is 6.30. The maximum Gasteiger partial charge on any atom is 0.126 e. The predicted octanol–water partition coefficient (Wildman–Crippen LogP) is 5.22. The molecule has 1 atom stereocenters. The third-order valence-electron chi connectivity index (χ3n) is 4.73. The molecule has 0 spiro atoms. The smallest absolute Gasteiger partial charge is 0.126 e. The fourth-order valence-corrected chi connectivity index (χ4v) is 3.55. The van der Waals surface area contributed by atoms with Crippen LogP contribution in [0.1, 0.15) is 51.5 Å². The molecule has 1 aromatic rings. The highest BCUT2D eigenvalue weighted by Gasteiger charge is 2.26. The van der Waals surface area contributed by atoms with E-state index in [1.165, 1.54) is 31.7 Å². The first-order valence-electron chi connectivity index (χ1n) is 8.27. The van der Waals surface area contributed by atoms with E-state index < -0.39 is 0 Å². The van der Waals surface area contributed by atoms with Gasteiger partial charge >= 0.3 is 0 Å².